The lowest BCUT2D eigenvalue weighted by atomic mass is 10.00. The van der Waals surface area contributed by atoms with Crippen LogP contribution in [0.5, 0.6) is 0 Å². The van der Waals surface area contributed by atoms with Crippen LogP contribution in [0.1, 0.15) is 11.1 Å². The van der Waals surface area contributed by atoms with Gasteiger partial charge in [-0.15, -0.1) is 0 Å². The first-order valence-corrected chi connectivity index (χ1v) is 8.89. The monoisotopic (exact) mass is 399 g/mol. The second-order valence-corrected chi connectivity index (χ2v) is 6.11. The number of thiocarbonyl (C=S) groups is 2. The molecular formula is C18H21N7S2. The minimum atomic E-state index is 0.383. The zero-order chi connectivity index (χ0) is 19.6. The third-order valence-corrected chi connectivity index (χ3v) is 4.04. The summed E-state index contributed by atoms with van der Waals surface area (Å²) in [4.78, 5) is 0. The van der Waals surface area contributed by atoms with Crippen molar-refractivity contribution in [2.75, 3.05) is 19.8 Å². The molecule has 0 aliphatic rings. The third kappa shape index (κ3) is 6.01. The van der Waals surface area contributed by atoms with Crippen LogP contribution >= 0.6 is 24.4 Å². The van der Waals surface area contributed by atoms with Crippen molar-refractivity contribution in [2.45, 2.75) is 0 Å². The number of hydrogen-bond acceptors (Lipinski definition) is 5. The second kappa shape index (κ2) is 10.2. The van der Waals surface area contributed by atoms with Crippen molar-refractivity contribution in [2.24, 2.45) is 10.2 Å². The number of nitrogens with one attached hydrogen (secondary N) is 4. The molecule has 0 bridgehead atoms. The highest BCUT2D eigenvalue weighted by molar-refractivity contribution is 7.80. The lowest BCUT2D eigenvalue weighted by Gasteiger charge is -2.13. The summed E-state index contributed by atoms with van der Waals surface area (Å²) < 4.78 is 0. The Balaban J connectivity index is 2.56. The molecule has 27 heavy (non-hydrogen) atoms. The van der Waals surface area contributed by atoms with E-state index in [0.717, 1.165) is 11.1 Å². The fourth-order valence-electron chi connectivity index (χ4n) is 2.07. The molecule has 0 spiro atoms. The Hall–Kier alpha value is -3.04. The van der Waals surface area contributed by atoms with Gasteiger partial charge in [0.15, 0.2) is 10.2 Å². The van der Waals surface area contributed by atoms with E-state index in [9.17, 15) is 0 Å². The Labute approximate surface area is 169 Å². The predicted molar refractivity (Wildman–Crippen MR) is 120 cm³/mol. The topological polar surface area (TPSA) is 98.9 Å². The van der Waals surface area contributed by atoms with E-state index in [2.05, 4.69) is 31.7 Å². The lowest BCUT2D eigenvalue weighted by Crippen LogP contribution is -2.33. The van der Waals surface area contributed by atoms with Gasteiger partial charge in [0.1, 0.15) is 11.4 Å². The molecule has 0 heterocycles. The maximum absolute atomic E-state index is 5.82. The van der Waals surface area contributed by atoms with Crippen LogP contribution in [-0.2, 0) is 0 Å². The molecule has 2 rings (SSSR count). The molecule has 0 aromatic heterocycles. The first-order valence-electron chi connectivity index (χ1n) is 8.07. The molecule has 9 heteroatoms. The molecule has 140 valence electrons. The Morgan fingerprint density at radius 2 is 1.19 bits per heavy atom. The quantitative estimate of drug-likeness (QED) is 0.225. The van der Waals surface area contributed by atoms with Gasteiger partial charge in [-0.2, -0.15) is 10.2 Å². The highest BCUT2D eigenvalue weighted by Gasteiger charge is 2.16. The Kier molecular flexibility index (Phi) is 7.65. The number of nitrogen functional groups attached to an aromatic ring is 1. The summed E-state index contributed by atoms with van der Waals surface area (Å²) in [5.41, 5.74) is 14.9. The van der Waals surface area contributed by atoms with Crippen LogP contribution in [0, 0.1) is 0 Å². The van der Waals surface area contributed by atoms with Crippen molar-refractivity contribution >= 4 is 51.8 Å². The number of nitrogens with two attached hydrogens (primary N) is 1. The summed E-state index contributed by atoms with van der Waals surface area (Å²) in [6, 6.07) is 17.0. The molecule has 0 amide bonds. The molecule has 6 N–H and O–H groups in total. The van der Waals surface area contributed by atoms with E-state index < -0.39 is 0 Å². The SMILES string of the molecule is CNC(=S)N/N=C(/C(=N/NC(=S)NC)c1ccc(N)cc1)c1ccccc1. The molecule has 0 saturated carbocycles. The number of benzene rings is 2. The predicted octanol–water partition coefficient (Wildman–Crippen LogP) is 1.57. The summed E-state index contributed by atoms with van der Waals surface area (Å²) >= 11 is 10.3. The molecule has 0 aliphatic carbocycles. The molecule has 0 radical (unpaired) electrons. The van der Waals surface area contributed by atoms with Gasteiger partial charge in [0, 0.05) is 30.9 Å². The molecule has 2 aromatic rings. The highest BCUT2D eigenvalue weighted by atomic mass is 32.1. The van der Waals surface area contributed by atoms with Crippen LogP contribution in [0.25, 0.3) is 0 Å². The minimum absolute atomic E-state index is 0.383. The van der Waals surface area contributed by atoms with E-state index in [1.165, 1.54) is 0 Å². The average molecular weight is 400 g/mol. The molecule has 0 saturated heterocycles. The van der Waals surface area contributed by atoms with Crippen molar-refractivity contribution < 1.29 is 0 Å². The van der Waals surface area contributed by atoms with E-state index >= 15 is 0 Å². The van der Waals surface area contributed by atoms with E-state index in [1.807, 2.05) is 42.5 Å². The van der Waals surface area contributed by atoms with Gasteiger partial charge in [0.25, 0.3) is 0 Å². The van der Waals surface area contributed by atoms with Crippen LogP contribution in [0.4, 0.5) is 5.69 Å². The number of hydrazone groups is 2. The molecule has 0 aliphatic heterocycles. The number of nitrogens with zero attached hydrogens (tertiary/aromatic N) is 2. The fraction of sp³-hybridized carbons (Fsp3) is 0.111. The second-order valence-electron chi connectivity index (χ2n) is 5.29. The van der Waals surface area contributed by atoms with Crippen LogP contribution in [0.2, 0.25) is 0 Å². The van der Waals surface area contributed by atoms with Gasteiger partial charge in [0.05, 0.1) is 0 Å². The first kappa shape index (κ1) is 20.3. The Bertz CT molecular complexity index is 846. The van der Waals surface area contributed by atoms with Gasteiger partial charge < -0.3 is 16.4 Å². The van der Waals surface area contributed by atoms with Crippen LogP contribution in [0.3, 0.4) is 0 Å². The van der Waals surface area contributed by atoms with E-state index in [4.69, 9.17) is 30.2 Å². The van der Waals surface area contributed by atoms with Crippen LogP contribution < -0.4 is 27.2 Å². The maximum atomic E-state index is 5.82. The molecule has 0 unspecified atom stereocenters. The highest BCUT2D eigenvalue weighted by Crippen LogP contribution is 2.12. The van der Waals surface area contributed by atoms with Crippen molar-refractivity contribution in [1.82, 2.24) is 21.5 Å². The molecule has 7 nitrogen and oxygen atoms in total. The van der Waals surface area contributed by atoms with E-state index in [0.29, 0.717) is 27.3 Å². The van der Waals surface area contributed by atoms with Gasteiger partial charge >= 0.3 is 0 Å². The van der Waals surface area contributed by atoms with E-state index in [-0.39, 0.29) is 0 Å². The molecule has 0 atom stereocenters. The summed E-state index contributed by atoms with van der Waals surface area (Å²) in [6.45, 7) is 0. The van der Waals surface area contributed by atoms with Crippen molar-refractivity contribution in [3.8, 4) is 0 Å². The zero-order valence-corrected chi connectivity index (χ0v) is 16.6. The minimum Gasteiger partial charge on any atom is -0.399 e. The fourth-order valence-corrected chi connectivity index (χ4v) is 2.16. The molecule has 0 fully saturated rings. The lowest BCUT2D eigenvalue weighted by molar-refractivity contribution is 0.967. The van der Waals surface area contributed by atoms with Gasteiger partial charge in [0.2, 0.25) is 0 Å². The summed E-state index contributed by atoms with van der Waals surface area (Å²) in [5.74, 6) is 0. The third-order valence-electron chi connectivity index (χ3n) is 3.45. The van der Waals surface area contributed by atoms with Crippen LogP contribution in [0.15, 0.2) is 64.8 Å². The van der Waals surface area contributed by atoms with Gasteiger partial charge in [-0.25, -0.2) is 0 Å². The van der Waals surface area contributed by atoms with Gasteiger partial charge in [-0.3, -0.25) is 10.9 Å². The van der Waals surface area contributed by atoms with E-state index in [1.54, 1.807) is 26.2 Å². The van der Waals surface area contributed by atoms with Crippen molar-refractivity contribution in [1.29, 1.82) is 0 Å². The number of rotatable bonds is 5. The Morgan fingerprint density at radius 3 is 1.63 bits per heavy atom. The standard InChI is InChI=1S/C18H21N7S2/c1-20-17(26)24-22-15(12-6-4-3-5-7-12)16(23-25-18(27)21-2)13-8-10-14(19)11-9-13/h3-11H,19H2,1-2H3,(H2,20,24,26)(H2,21,25,27)/b22-15+,23-16+. The molecular weight excluding hydrogens is 378 g/mol. The summed E-state index contributed by atoms with van der Waals surface area (Å²) in [5, 5.41) is 15.4. The van der Waals surface area contributed by atoms with Gasteiger partial charge in [-0.1, -0.05) is 42.5 Å². The Morgan fingerprint density at radius 1 is 0.741 bits per heavy atom. The van der Waals surface area contributed by atoms with Crippen LogP contribution in [-0.4, -0.2) is 35.7 Å². The average Bonchev–Trinajstić information content (AvgIpc) is 2.71. The van der Waals surface area contributed by atoms with Crippen molar-refractivity contribution in [3.05, 3.63) is 65.7 Å². The zero-order valence-electron chi connectivity index (χ0n) is 15.0. The number of anilines is 1. The first-order chi connectivity index (χ1) is 13.0. The van der Waals surface area contributed by atoms with Gasteiger partial charge in [-0.05, 0) is 36.6 Å². The van der Waals surface area contributed by atoms with Crippen molar-refractivity contribution in [3.63, 3.8) is 0 Å². The smallest absolute Gasteiger partial charge is 0.186 e. The number of hydrogen-bond donors (Lipinski definition) is 5. The maximum Gasteiger partial charge on any atom is 0.186 e. The summed E-state index contributed by atoms with van der Waals surface area (Å²) in [7, 11) is 3.43. The normalized spacial score (nSPS) is 11.5. The molecule has 2 aromatic carbocycles. The summed E-state index contributed by atoms with van der Waals surface area (Å²) in [6.07, 6.45) is 0. The largest absolute Gasteiger partial charge is 0.399 e.